The van der Waals surface area contributed by atoms with Crippen LogP contribution in [0.25, 0.3) is 11.1 Å². The molecule has 0 aliphatic rings. The molecule has 0 aromatic heterocycles. The van der Waals surface area contributed by atoms with Crippen LogP contribution in [0.1, 0.15) is 42.9 Å². The first-order valence-electron chi connectivity index (χ1n) is 7.30. The molecule has 0 nitrogen and oxygen atoms in total. The van der Waals surface area contributed by atoms with E-state index >= 15 is 0 Å². The van der Waals surface area contributed by atoms with Crippen LogP contribution in [0.2, 0.25) is 0 Å². The Morgan fingerprint density at radius 3 is 2.42 bits per heavy atom. The standard InChI is InChI=1S/C19H23/c1-4-5-7-10-17-14-13-15(2)19(16(17)3)18-11-8-6-9-12-18/h6,8-9,11-12,14H,4-5,7,10H2,1-3H3. The highest BCUT2D eigenvalue weighted by molar-refractivity contribution is 5.71. The molecule has 0 aliphatic carbocycles. The van der Waals surface area contributed by atoms with Gasteiger partial charge in [0.15, 0.2) is 0 Å². The van der Waals surface area contributed by atoms with Gasteiger partial charge in [0.1, 0.15) is 0 Å². The molecule has 0 aliphatic heterocycles. The van der Waals surface area contributed by atoms with Gasteiger partial charge in [-0.3, -0.25) is 0 Å². The van der Waals surface area contributed by atoms with Crippen LogP contribution >= 0.6 is 0 Å². The summed E-state index contributed by atoms with van der Waals surface area (Å²) in [5, 5.41) is 0. The van der Waals surface area contributed by atoms with Crippen LogP contribution in [0, 0.1) is 19.9 Å². The highest BCUT2D eigenvalue weighted by Gasteiger charge is 2.09. The SMILES string of the molecule is CCCCCc1c[c]c(C)c(-c2ccccc2)c1C. The highest BCUT2D eigenvalue weighted by atomic mass is 14.1. The molecule has 1 radical (unpaired) electrons. The molecule has 0 heterocycles. The predicted octanol–water partition coefficient (Wildman–Crippen LogP) is 5.50. The largest absolute Gasteiger partial charge is 0.0654 e. The summed E-state index contributed by atoms with van der Waals surface area (Å²) >= 11 is 0. The van der Waals surface area contributed by atoms with E-state index in [4.69, 9.17) is 0 Å². The summed E-state index contributed by atoms with van der Waals surface area (Å²) in [6.07, 6.45) is 5.05. The lowest BCUT2D eigenvalue weighted by atomic mass is 9.90. The first kappa shape index (κ1) is 13.9. The quantitative estimate of drug-likeness (QED) is 0.615. The second-order valence-electron chi connectivity index (χ2n) is 5.26. The second-order valence-corrected chi connectivity index (χ2v) is 5.26. The van der Waals surface area contributed by atoms with Crippen molar-refractivity contribution in [3.05, 3.63) is 59.2 Å². The van der Waals surface area contributed by atoms with Crippen molar-refractivity contribution in [2.75, 3.05) is 0 Å². The third kappa shape index (κ3) is 3.26. The molecular weight excluding hydrogens is 228 g/mol. The molecule has 2 rings (SSSR count). The summed E-state index contributed by atoms with van der Waals surface area (Å²) in [6.45, 7) is 6.67. The molecule has 99 valence electrons. The van der Waals surface area contributed by atoms with Crippen molar-refractivity contribution < 1.29 is 0 Å². The van der Waals surface area contributed by atoms with Gasteiger partial charge in [0, 0.05) is 0 Å². The minimum absolute atomic E-state index is 1.18. The lowest BCUT2D eigenvalue weighted by molar-refractivity contribution is 0.715. The summed E-state index contributed by atoms with van der Waals surface area (Å²) in [4.78, 5) is 0. The van der Waals surface area contributed by atoms with Gasteiger partial charge in [-0.1, -0.05) is 56.2 Å². The van der Waals surface area contributed by atoms with E-state index in [1.807, 2.05) is 0 Å². The van der Waals surface area contributed by atoms with Gasteiger partial charge in [0.05, 0.1) is 0 Å². The van der Waals surface area contributed by atoms with Crippen molar-refractivity contribution >= 4 is 0 Å². The zero-order valence-corrected chi connectivity index (χ0v) is 12.3. The molecule has 19 heavy (non-hydrogen) atoms. The van der Waals surface area contributed by atoms with Crippen LogP contribution in [0.5, 0.6) is 0 Å². The van der Waals surface area contributed by atoms with Crippen LogP contribution in [0.3, 0.4) is 0 Å². The number of unbranched alkanes of at least 4 members (excludes halogenated alkanes) is 2. The van der Waals surface area contributed by atoms with Crippen LogP contribution in [0.15, 0.2) is 36.4 Å². The summed E-state index contributed by atoms with van der Waals surface area (Å²) in [5.74, 6) is 0. The van der Waals surface area contributed by atoms with Crippen LogP contribution in [0.4, 0.5) is 0 Å². The van der Waals surface area contributed by atoms with E-state index in [1.54, 1.807) is 0 Å². The Hall–Kier alpha value is -1.56. The molecule has 0 spiro atoms. The minimum atomic E-state index is 1.18. The second kappa shape index (κ2) is 6.56. The summed E-state index contributed by atoms with van der Waals surface area (Å²) in [6, 6.07) is 16.3. The monoisotopic (exact) mass is 251 g/mol. The third-order valence-electron chi connectivity index (χ3n) is 3.81. The minimum Gasteiger partial charge on any atom is -0.0654 e. The molecule has 0 heteroatoms. The van der Waals surface area contributed by atoms with E-state index in [9.17, 15) is 0 Å². The molecule has 0 saturated heterocycles. The predicted molar refractivity (Wildman–Crippen MR) is 83.4 cm³/mol. The lowest BCUT2D eigenvalue weighted by Gasteiger charge is -2.14. The zero-order chi connectivity index (χ0) is 13.7. The first-order chi connectivity index (χ1) is 9.24. The molecule has 0 unspecified atom stereocenters. The van der Waals surface area contributed by atoms with Crippen LogP contribution < -0.4 is 0 Å². The molecule has 2 aromatic rings. The Morgan fingerprint density at radius 2 is 1.74 bits per heavy atom. The van der Waals surface area contributed by atoms with Crippen LogP contribution in [-0.2, 0) is 6.42 Å². The molecule has 0 saturated carbocycles. The fraction of sp³-hybridized carbons (Fsp3) is 0.368. The van der Waals surface area contributed by atoms with E-state index in [0.29, 0.717) is 0 Å². The van der Waals surface area contributed by atoms with Crippen LogP contribution in [-0.4, -0.2) is 0 Å². The Morgan fingerprint density at radius 1 is 1.00 bits per heavy atom. The van der Waals surface area contributed by atoms with E-state index in [1.165, 1.54) is 53.5 Å². The lowest BCUT2D eigenvalue weighted by Crippen LogP contribution is -1.96. The fourth-order valence-corrected chi connectivity index (χ4v) is 2.68. The molecule has 0 amide bonds. The molecule has 0 atom stereocenters. The summed E-state index contributed by atoms with van der Waals surface area (Å²) in [7, 11) is 0. The van der Waals surface area contributed by atoms with Gasteiger partial charge < -0.3 is 0 Å². The summed E-state index contributed by atoms with van der Waals surface area (Å²) in [5.41, 5.74) is 6.82. The van der Waals surface area contributed by atoms with Crippen molar-refractivity contribution in [3.8, 4) is 11.1 Å². The Balaban J connectivity index is 2.35. The number of benzene rings is 2. The van der Waals surface area contributed by atoms with Gasteiger partial charge in [-0.25, -0.2) is 0 Å². The average molecular weight is 251 g/mol. The van der Waals surface area contributed by atoms with Gasteiger partial charge in [-0.15, -0.1) is 0 Å². The number of hydrogen-bond acceptors (Lipinski definition) is 0. The van der Waals surface area contributed by atoms with Gasteiger partial charge in [-0.05, 0) is 60.6 Å². The maximum absolute atomic E-state index is 3.43. The zero-order valence-electron chi connectivity index (χ0n) is 12.3. The Kier molecular flexibility index (Phi) is 4.79. The fourth-order valence-electron chi connectivity index (χ4n) is 2.68. The molecule has 2 aromatic carbocycles. The average Bonchev–Trinajstić information content (AvgIpc) is 2.43. The molecule has 0 N–H and O–H groups in total. The van der Waals surface area contributed by atoms with Crippen molar-refractivity contribution in [2.24, 2.45) is 0 Å². The first-order valence-corrected chi connectivity index (χ1v) is 7.30. The summed E-state index contributed by atoms with van der Waals surface area (Å²) < 4.78 is 0. The normalized spacial score (nSPS) is 10.7. The van der Waals surface area contributed by atoms with E-state index < -0.39 is 0 Å². The topological polar surface area (TPSA) is 0 Å². The smallest absolute Gasteiger partial charge is 0.0116 e. The van der Waals surface area contributed by atoms with Gasteiger partial charge in [0.25, 0.3) is 0 Å². The van der Waals surface area contributed by atoms with Crippen molar-refractivity contribution in [1.29, 1.82) is 0 Å². The van der Waals surface area contributed by atoms with Crippen molar-refractivity contribution in [3.63, 3.8) is 0 Å². The van der Waals surface area contributed by atoms with E-state index in [2.05, 4.69) is 63.2 Å². The Bertz CT molecular complexity index is 523. The van der Waals surface area contributed by atoms with E-state index in [-0.39, 0.29) is 0 Å². The van der Waals surface area contributed by atoms with Gasteiger partial charge >= 0.3 is 0 Å². The Labute approximate surface area is 117 Å². The molecule has 0 bridgehead atoms. The van der Waals surface area contributed by atoms with Gasteiger partial charge in [0.2, 0.25) is 0 Å². The number of aryl methyl sites for hydroxylation is 2. The van der Waals surface area contributed by atoms with Gasteiger partial charge in [-0.2, -0.15) is 0 Å². The maximum Gasteiger partial charge on any atom is -0.0116 e. The highest BCUT2D eigenvalue weighted by Crippen LogP contribution is 2.29. The third-order valence-corrected chi connectivity index (χ3v) is 3.81. The van der Waals surface area contributed by atoms with Crippen molar-refractivity contribution in [2.45, 2.75) is 46.5 Å². The molecular formula is C19H23. The maximum atomic E-state index is 3.43. The van der Waals surface area contributed by atoms with Crippen molar-refractivity contribution in [1.82, 2.24) is 0 Å². The number of hydrogen-bond donors (Lipinski definition) is 0. The number of rotatable bonds is 5. The molecule has 0 fully saturated rings. The van der Waals surface area contributed by atoms with E-state index in [0.717, 1.165) is 0 Å².